The second kappa shape index (κ2) is 7.98. The zero-order valence-electron chi connectivity index (χ0n) is 14.6. The molecule has 27 heavy (non-hydrogen) atoms. The molecule has 1 aromatic carbocycles. The Hall–Kier alpha value is -1.92. The lowest BCUT2D eigenvalue weighted by Gasteiger charge is -2.31. The normalized spacial score (nSPS) is 24.7. The maximum absolute atomic E-state index is 13.6. The Morgan fingerprint density at radius 1 is 1.22 bits per heavy atom. The summed E-state index contributed by atoms with van der Waals surface area (Å²) in [7, 11) is -0.999. The lowest BCUT2D eigenvalue weighted by atomic mass is 9.94. The van der Waals surface area contributed by atoms with E-state index in [0.29, 0.717) is 22.6 Å². The Bertz CT molecular complexity index is 768. The molecule has 1 aromatic rings. The maximum atomic E-state index is 13.6. The third-order valence-corrected chi connectivity index (χ3v) is 6.43. The molecule has 2 aliphatic heterocycles. The number of carbonyl (C=O) groups excluding carboxylic acids is 1. The average Bonchev–Trinajstić information content (AvgIpc) is 3.06. The van der Waals surface area contributed by atoms with E-state index >= 15 is 0 Å². The summed E-state index contributed by atoms with van der Waals surface area (Å²) >= 11 is 0. The van der Waals surface area contributed by atoms with Crippen LogP contribution in [0.4, 0.5) is 13.2 Å². The van der Waals surface area contributed by atoms with Crippen molar-refractivity contribution in [3.05, 3.63) is 35.4 Å². The van der Waals surface area contributed by atoms with Gasteiger partial charge in [0, 0.05) is 55.0 Å². The van der Waals surface area contributed by atoms with Crippen LogP contribution >= 0.6 is 0 Å². The van der Waals surface area contributed by atoms with Crippen LogP contribution in [0.25, 0.3) is 0 Å². The van der Waals surface area contributed by atoms with E-state index in [1.807, 2.05) is 6.07 Å². The highest BCUT2D eigenvalue weighted by atomic mass is 32.2. The zero-order valence-corrected chi connectivity index (χ0v) is 15.4. The minimum absolute atomic E-state index is 0.00234. The predicted octanol–water partition coefficient (Wildman–Crippen LogP) is 1.76. The van der Waals surface area contributed by atoms with Crippen molar-refractivity contribution in [3.8, 4) is 6.07 Å². The van der Waals surface area contributed by atoms with E-state index < -0.39 is 34.7 Å². The SMILES string of the molecule is N#Cc1ccccc1CN1C[C@@H](C(F)(F)F)[C@H](C(=O)N2CCS(=O)CC2)C1. The third kappa shape index (κ3) is 4.50. The quantitative estimate of drug-likeness (QED) is 0.777. The first kappa shape index (κ1) is 19.8. The smallest absolute Gasteiger partial charge is 0.341 e. The number of rotatable bonds is 3. The van der Waals surface area contributed by atoms with Crippen LogP contribution in [0.1, 0.15) is 11.1 Å². The number of hydrogen-bond acceptors (Lipinski definition) is 4. The van der Waals surface area contributed by atoms with Crippen LogP contribution in [0.15, 0.2) is 24.3 Å². The molecule has 2 fully saturated rings. The van der Waals surface area contributed by atoms with Crippen molar-refractivity contribution in [2.75, 3.05) is 37.7 Å². The predicted molar refractivity (Wildman–Crippen MR) is 93.9 cm³/mol. The highest BCUT2D eigenvalue weighted by molar-refractivity contribution is 7.85. The van der Waals surface area contributed by atoms with Gasteiger partial charge < -0.3 is 4.90 Å². The van der Waals surface area contributed by atoms with E-state index in [1.165, 1.54) is 4.90 Å². The van der Waals surface area contributed by atoms with Crippen molar-refractivity contribution < 1.29 is 22.2 Å². The van der Waals surface area contributed by atoms with Crippen LogP contribution in [-0.4, -0.2) is 63.8 Å². The Labute approximate surface area is 158 Å². The number of hydrogen-bond donors (Lipinski definition) is 0. The standard InChI is InChI=1S/C18H20F3N3O2S/c19-18(20,21)16-12-23(10-14-4-2-1-3-13(14)9-22)11-15(16)17(25)24-5-7-27(26)8-6-24/h1-4,15-16H,5-8,10-12H2/t15-,16-/m1/s1. The minimum atomic E-state index is -4.47. The van der Waals surface area contributed by atoms with Crippen LogP contribution < -0.4 is 0 Å². The number of benzene rings is 1. The minimum Gasteiger partial charge on any atom is -0.341 e. The summed E-state index contributed by atoms with van der Waals surface area (Å²) in [5, 5.41) is 9.17. The summed E-state index contributed by atoms with van der Waals surface area (Å²) in [6.45, 7) is 0.416. The molecule has 2 heterocycles. The van der Waals surface area contributed by atoms with Crippen molar-refractivity contribution in [1.82, 2.24) is 9.80 Å². The first-order chi connectivity index (χ1) is 12.8. The van der Waals surface area contributed by atoms with Crippen LogP contribution in [0.2, 0.25) is 0 Å². The molecule has 1 amide bonds. The van der Waals surface area contributed by atoms with Crippen molar-refractivity contribution in [2.24, 2.45) is 11.8 Å². The van der Waals surface area contributed by atoms with Gasteiger partial charge in [-0.1, -0.05) is 18.2 Å². The van der Waals surface area contributed by atoms with Gasteiger partial charge in [-0.2, -0.15) is 18.4 Å². The van der Waals surface area contributed by atoms with Gasteiger partial charge in [-0.25, -0.2) is 0 Å². The first-order valence-corrected chi connectivity index (χ1v) is 10.2. The van der Waals surface area contributed by atoms with Gasteiger partial charge in [0.05, 0.1) is 23.5 Å². The Kier molecular flexibility index (Phi) is 5.86. The first-order valence-electron chi connectivity index (χ1n) is 8.70. The number of nitrogens with zero attached hydrogens (tertiary/aromatic N) is 3. The topological polar surface area (TPSA) is 64.4 Å². The summed E-state index contributed by atoms with van der Waals surface area (Å²) in [5.41, 5.74) is 1.08. The van der Waals surface area contributed by atoms with Gasteiger partial charge >= 0.3 is 6.18 Å². The molecular formula is C18H20F3N3O2S. The molecule has 0 bridgehead atoms. The molecule has 3 rings (SSSR count). The number of halogens is 3. The average molecular weight is 399 g/mol. The molecule has 0 aliphatic carbocycles. The number of likely N-dealkylation sites (tertiary alicyclic amines) is 1. The van der Waals surface area contributed by atoms with E-state index in [1.54, 1.807) is 29.2 Å². The van der Waals surface area contributed by atoms with E-state index in [4.69, 9.17) is 0 Å². The van der Waals surface area contributed by atoms with Gasteiger partial charge in [0.15, 0.2) is 0 Å². The summed E-state index contributed by atoms with van der Waals surface area (Å²) in [4.78, 5) is 15.7. The van der Waals surface area contributed by atoms with Gasteiger partial charge in [0.2, 0.25) is 5.91 Å². The Morgan fingerprint density at radius 3 is 2.52 bits per heavy atom. The third-order valence-electron chi connectivity index (χ3n) is 5.15. The molecule has 0 N–H and O–H groups in total. The second-order valence-corrected chi connectivity index (χ2v) is 8.59. The molecule has 0 spiro atoms. The van der Waals surface area contributed by atoms with Crippen molar-refractivity contribution in [2.45, 2.75) is 12.7 Å². The highest BCUT2D eigenvalue weighted by Gasteiger charge is 2.53. The van der Waals surface area contributed by atoms with Crippen LogP contribution in [0.5, 0.6) is 0 Å². The summed E-state index contributed by atoms with van der Waals surface area (Å²) in [6.07, 6.45) is -4.47. The van der Waals surface area contributed by atoms with Crippen molar-refractivity contribution in [3.63, 3.8) is 0 Å². The largest absolute Gasteiger partial charge is 0.393 e. The van der Waals surface area contributed by atoms with E-state index in [2.05, 4.69) is 0 Å². The Balaban J connectivity index is 1.76. The molecule has 0 saturated carbocycles. The summed E-state index contributed by atoms with van der Waals surface area (Å²) in [5.74, 6) is -2.77. The van der Waals surface area contributed by atoms with Crippen LogP contribution in [-0.2, 0) is 22.1 Å². The molecule has 2 atom stereocenters. The number of nitriles is 1. The number of amides is 1. The van der Waals surface area contributed by atoms with E-state index in [-0.39, 0.29) is 32.7 Å². The molecular weight excluding hydrogens is 379 g/mol. The zero-order chi connectivity index (χ0) is 19.6. The molecule has 0 aromatic heterocycles. The van der Waals surface area contributed by atoms with Gasteiger partial charge in [0.1, 0.15) is 0 Å². The molecule has 5 nitrogen and oxygen atoms in total. The number of alkyl halides is 3. The van der Waals surface area contributed by atoms with Crippen LogP contribution in [0.3, 0.4) is 0 Å². The molecule has 146 valence electrons. The van der Waals surface area contributed by atoms with Crippen molar-refractivity contribution in [1.29, 1.82) is 5.26 Å². The van der Waals surface area contributed by atoms with E-state index in [0.717, 1.165) is 0 Å². The summed E-state index contributed by atoms with van der Waals surface area (Å²) < 4.78 is 52.1. The summed E-state index contributed by atoms with van der Waals surface area (Å²) in [6, 6.07) is 8.84. The lowest BCUT2D eigenvalue weighted by molar-refractivity contribution is -0.186. The van der Waals surface area contributed by atoms with Gasteiger partial charge in [-0.05, 0) is 11.6 Å². The highest BCUT2D eigenvalue weighted by Crippen LogP contribution is 2.39. The number of carbonyl (C=O) groups is 1. The maximum Gasteiger partial charge on any atom is 0.393 e. The Morgan fingerprint density at radius 2 is 1.89 bits per heavy atom. The fraction of sp³-hybridized carbons (Fsp3) is 0.556. The second-order valence-electron chi connectivity index (χ2n) is 6.89. The fourth-order valence-electron chi connectivity index (χ4n) is 3.70. The van der Waals surface area contributed by atoms with Gasteiger partial charge in [0.25, 0.3) is 0 Å². The fourth-order valence-corrected chi connectivity index (χ4v) is 4.75. The molecule has 2 saturated heterocycles. The monoisotopic (exact) mass is 399 g/mol. The lowest BCUT2D eigenvalue weighted by Crippen LogP contribution is -2.47. The van der Waals surface area contributed by atoms with E-state index in [9.17, 15) is 27.4 Å². The molecule has 0 unspecified atom stereocenters. The van der Waals surface area contributed by atoms with Gasteiger partial charge in [-0.15, -0.1) is 0 Å². The van der Waals surface area contributed by atoms with Crippen molar-refractivity contribution >= 4 is 16.7 Å². The van der Waals surface area contributed by atoms with Crippen LogP contribution in [0, 0.1) is 23.2 Å². The van der Waals surface area contributed by atoms with Gasteiger partial charge in [-0.3, -0.25) is 13.9 Å². The molecule has 0 radical (unpaired) electrons. The molecule has 2 aliphatic rings. The molecule has 9 heteroatoms.